The van der Waals surface area contributed by atoms with Crippen LogP contribution in [0.1, 0.15) is 31.2 Å². The molecule has 1 aliphatic carbocycles. The van der Waals surface area contributed by atoms with Crippen molar-refractivity contribution in [1.29, 1.82) is 0 Å². The highest BCUT2D eigenvalue weighted by molar-refractivity contribution is 5.91. The number of carbonyl (C=O) groups is 1. The van der Waals surface area contributed by atoms with Crippen LogP contribution in [-0.2, 0) is 5.41 Å². The molecule has 1 fully saturated rings. The molecule has 8 heteroatoms. The number of aromatic nitrogens is 3. The Labute approximate surface area is 180 Å². The van der Waals surface area contributed by atoms with Gasteiger partial charge in [0, 0.05) is 30.6 Å². The van der Waals surface area contributed by atoms with Gasteiger partial charge in [0.2, 0.25) is 0 Å². The zero-order valence-corrected chi connectivity index (χ0v) is 17.2. The molecule has 3 aromatic rings. The lowest BCUT2D eigenvalue weighted by Gasteiger charge is -2.31. The Morgan fingerprint density at radius 3 is 2.71 bits per heavy atom. The Hall–Kier alpha value is -3.55. The number of hydrogen-bond acceptors (Lipinski definition) is 5. The predicted octanol–water partition coefficient (Wildman–Crippen LogP) is 3.67. The molecule has 0 radical (unpaired) electrons. The number of urea groups is 1. The standard InChI is InChI=1S/C23H25N5O3/c29-22(27-18-5-3-10-24-21(18)28-12-4-11-26-28)25-16-23(8-1-2-9-23)17-6-7-19-20(15-17)31-14-13-30-19/h3-7,10-12,15H,1-2,8-9,13-14,16H2,(H2,25,27,29). The van der Waals surface area contributed by atoms with E-state index in [0.29, 0.717) is 31.3 Å². The lowest BCUT2D eigenvalue weighted by Crippen LogP contribution is -2.41. The van der Waals surface area contributed by atoms with Crippen molar-refractivity contribution in [3.8, 4) is 17.3 Å². The van der Waals surface area contributed by atoms with Gasteiger partial charge in [-0.2, -0.15) is 5.10 Å². The van der Waals surface area contributed by atoms with E-state index in [1.54, 1.807) is 29.3 Å². The fourth-order valence-electron chi connectivity index (χ4n) is 4.48. The molecule has 1 aliphatic heterocycles. The van der Waals surface area contributed by atoms with Gasteiger partial charge in [0.1, 0.15) is 13.2 Å². The summed E-state index contributed by atoms with van der Waals surface area (Å²) in [6.45, 7) is 1.69. The lowest BCUT2D eigenvalue weighted by atomic mass is 9.78. The van der Waals surface area contributed by atoms with E-state index in [9.17, 15) is 4.79 Å². The molecular formula is C23H25N5O3. The first-order valence-electron chi connectivity index (χ1n) is 10.6. The first kappa shape index (κ1) is 19.4. The van der Waals surface area contributed by atoms with Crippen molar-refractivity contribution in [1.82, 2.24) is 20.1 Å². The Morgan fingerprint density at radius 2 is 1.90 bits per heavy atom. The van der Waals surface area contributed by atoms with Gasteiger partial charge in [-0.05, 0) is 48.7 Å². The van der Waals surface area contributed by atoms with Gasteiger partial charge in [-0.25, -0.2) is 14.5 Å². The smallest absolute Gasteiger partial charge is 0.319 e. The number of ether oxygens (including phenoxy) is 2. The van der Waals surface area contributed by atoms with Gasteiger partial charge in [0.25, 0.3) is 0 Å². The van der Waals surface area contributed by atoms with Gasteiger partial charge in [0.05, 0.1) is 5.69 Å². The van der Waals surface area contributed by atoms with Crippen molar-refractivity contribution in [2.45, 2.75) is 31.1 Å². The summed E-state index contributed by atoms with van der Waals surface area (Å²) in [5.41, 5.74) is 1.68. The molecule has 0 spiro atoms. The number of fused-ring (bicyclic) bond motifs is 1. The third-order valence-electron chi connectivity index (χ3n) is 6.06. The number of amides is 2. The summed E-state index contributed by atoms with van der Waals surface area (Å²) in [6, 6.07) is 11.3. The first-order valence-corrected chi connectivity index (χ1v) is 10.6. The number of anilines is 1. The van der Waals surface area contributed by atoms with Gasteiger partial charge in [0.15, 0.2) is 17.3 Å². The largest absolute Gasteiger partial charge is 0.486 e. The van der Waals surface area contributed by atoms with Gasteiger partial charge in [-0.3, -0.25) is 0 Å². The van der Waals surface area contributed by atoms with E-state index in [1.807, 2.05) is 18.2 Å². The Balaban J connectivity index is 1.31. The number of carbonyl (C=O) groups excluding carboxylic acids is 1. The summed E-state index contributed by atoms with van der Waals surface area (Å²) in [5.74, 6) is 2.15. The number of nitrogens with zero attached hydrogens (tertiary/aromatic N) is 3. The zero-order valence-electron chi connectivity index (χ0n) is 17.2. The molecule has 160 valence electrons. The first-order chi connectivity index (χ1) is 15.2. The molecule has 3 heterocycles. The van der Waals surface area contributed by atoms with Crippen LogP contribution in [0.2, 0.25) is 0 Å². The summed E-state index contributed by atoms with van der Waals surface area (Å²) in [5, 5.41) is 10.2. The highest BCUT2D eigenvalue weighted by Crippen LogP contribution is 2.43. The third-order valence-corrected chi connectivity index (χ3v) is 6.06. The minimum absolute atomic E-state index is 0.104. The van der Waals surface area contributed by atoms with Gasteiger partial charge < -0.3 is 20.1 Å². The molecule has 0 atom stereocenters. The van der Waals surface area contributed by atoms with Gasteiger partial charge in [-0.15, -0.1) is 0 Å². The average molecular weight is 419 g/mol. The van der Waals surface area contributed by atoms with E-state index in [1.165, 1.54) is 5.56 Å². The van der Waals surface area contributed by atoms with E-state index in [-0.39, 0.29) is 11.4 Å². The fourth-order valence-corrected chi connectivity index (χ4v) is 4.48. The third kappa shape index (κ3) is 3.93. The molecule has 2 aromatic heterocycles. The number of benzene rings is 1. The van der Waals surface area contributed by atoms with Crippen LogP contribution in [0.25, 0.3) is 5.82 Å². The molecule has 5 rings (SSSR count). The molecule has 0 unspecified atom stereocenters. The monoisotopic (exact) mass is 419 g/mol. The summed E-state index contributed by atoms with van der Waals surface area (Å²) >= 11 is 0. The van der Waals surface area contributed by atoms with Crippen molar-refractivity contribution >= 4 is 11.7 Å². The predicted molar refractivity (Wildman–Crippen MR) is 116 cm³/mol. The Morgan fingerprint density at radius 1 is 1.06 bits per heavy atom. The Kier molecular flexibility index (Phi) is 5.19. The van der Waals surface area contributed by atoms with Crippen LogP contribution < -0.4 is 20.1 Å². The SMILES string of the molecule is O=C(NCC1(c2ccc3c(c2)OCCO3)CCCC1)Nc1cccnc1-n1cccn1. The van der Waals surface area contributed by atoms with Crippen LogP contribution in [0.3, 0.4) is 0 Å². The second-order valence-electron chi connectivity index (χ2n) is 7.98. The molecule has 2 aliphatic rings. The minimum Gasteiger partial charge on any atom is -0.486 e. The molecule has 0 bridgehead atoms. The summed E-state index contributed by atoms with van der Waals surface area (Å²) < 4.78 is 13.1. The molecule has 31 heavy (non-hydrogen) atoms. The van der Waals surface area contributed by atoms with Crippen molar-refractivity contribution in [2.24, 2.45) is 0 Å². The molecule has 1 saturated carbocycles. The summed E-state index contributed by atoms with van der Waals surface area (Å²) in [4.78, 5) is 17.1. The van der Waals surface area contributed by atoms with Crippen molar-refractivity contribution in [3.63, 3.8) is 0 Å². The highest BCUT2D eigenvalue weighted by Gasteiger charge is 2.37. The van der Waals surface area contributed by atoms with Crippen LogP contribution >= 0.6 is 0 Å². The van der Waals surface area contributed by atoms with Crippen LogP contribution in [0.5, 0.6) is 11.5 Å². The van der Waals surface area contributed by atoms with E-state index in [4.69, 9.17) is 9.47 Å². The second kappa shape index (κ2) is 8.29. The lowest BCUT2D eigenvalue weighted by molar-refractivity contribution is 0.171. The highest BCUT2D eigenvalue weighted by atomic mass is 16.6. The van der Waals surface area contributed by atoms with Crippen LogP contribution in [0.15, 0.2) is 55.0 Å². The van der Waals surface area contributed by atoms with E-state index in [0.717, 1.165) is 37.2 Å². The molecule has 0 saturated heterocycles. The number of nitrogens with one attached hydrogen (secondary N) is 2. The number of hydrogen-bond donors (Lipinski definition) is 2. The minimum atomic E-state index is -0.259. The van der Waals surface area contributed by atoms with E-state index >= 15 is 0 Å². The maximum atomic E-state index is 12.8. The number of pyridine rings is 1. The second-order valence-corrected chi connectivity index (χ2v) is 7.98. The molecule has 2 N–H and O–H groups in total. The molecule has 8 nitrogen and oxygen atoms in total. The van der Waals surface area contributed by atoms with Crippen LogP contribution in [0.4, 0.5) is 10.5 Å². The summed E-state index contributed by atoms with van der Waals surface area (Å²) in [7, 11) is 0. The van der Waals surface area contributed by atoms with E-state index < -0.39 is 0 Å². The van der Waals surface area contributed by atoms with Gasteiger partial charge >= 0.3 is 6.03 Å². The quantitative estimate of drug-likeness (QED) is 0.659. The Bertz CT molecular complexity index is 1060. The molecular weight excluding hydrogens is 394 g/mol. The van der Waals surface area contributed by atoms with Crippen molar-refractivity contribution < 1.29 is 14.3 Å². The maximum Gasteiger partial charge on any atom is 0.319 e. The van der Waals surface area contributed by atoms with Crippen LogP contribution in [0, 0.1) is 0 Å². The van der Waals surface area contributed by atoms with Crippen molar-refractivity contribution in [3.05, 3.63) is 60.6 Å². The van der Waals surface area contributed by atoms with Crippen LogP contribution in [-0.4, -0.2) is 40.6 Å². The fraction of sp³-hybridized carbons (Fsp3) is 0.348. The van der Waals surface area contributed by atoms with Gasteiger partial charge in [-0.1, -0.05) is 18.9 Å². The molecule has 2 amide bonds. The summed E-state index contributed by atoms with van der Waals surface area (Å²) in [6.07, 6.45) is 9.48. The normalized spacial score (nSPS) is 16.6. The average Bonchev–Trinajstić information content (AvgIpc) is 3.51. The van der Waals surface area contributed by atoms with E-state index in [2.05, 4.69) is 32.8 Å². The molecule has 1 aromatic carbocycles. The topological polar surface area (TPSA) is 90.3 Å². The maximum absolute atomic E-state index is 12.8. The van der Waals surface area contributed by atoms with Crippen molar-refractivity contribution in [2.75, 3.05) is 25.1 Å². The zero-order chi connectivity index (χ0) is 21.1. The number of rotatable bonds is 5.